The summed E-state index contributed by atoms with van der Waals surface area (Å²) >= 11 is 0. The third-order valence-electron chi connectivity index (χ3n) is 6.83. The molecule has 4 atom stereocenters. The second-order valence-electron chi connectivity index (χ2n) is 8.85. The van der Waals surface area contributed by atoms with E-state index in [-0.39, 0.29) is 11.8 Å². The average molecular weight is 418 g/mol. The molecule has 31 heavy (non-hydrogen) atoms. The topological polar surface area (TPSA) is 90.3 Å². The highest BCUT2D eigenvalue weighted by Crippen LogP contribution is 2.28. The number of anilines is 1. The lowest BCUT2D eigenvalue weighted by Gasteiger charge is -2.46. The smallest absolute Gasteiger partial charge is 0.229 e. The molecule has 0 saturated carbocycles. The van der Waals surface area contributed by atoms with E-state index in [2.05, 4.69) is 15.6 Å². The molecular formula is C24H29N6O+. The lowest BCUT2D eigenvalue weighted by atomic mass is 9.75. The van der Waals surface area contributed by atoms with Gasteiger partial charge in [-0.1, -0.05) is 47.7 Å². The SMILES string of the molecule is Nc1cccc(-c2cn(C[C@H]3C[C@H]4CC[NH+]3C[C@@H]4C(=O)NCc3ccccc3)nn2)c1. The maximum absolute atomic E-state index is 12.9. The van der Waals surface area contributed by atoms with Crippen molar-refractivity contribution in [2.24, 2.45) is 11.8 Å². The van der Waals surface area contributed by atoms with Crippen molar-refractivity contribution in [3.8, 4) is 11.3 Å². The fourth-order valence-corrected chi connectivity index (χ4v) is 5.18. The van der Waals surface area contributed by atoms with Crippen LogP contribution in [0.15, 0.2) is 60.8 Å². The number of nitrogen functional groups attached to an aromatic ring is 1. The first-order chi connectivity index (χ1) is 15.2. The number of benzene rings is 2. The summed E-state index contributed by atoms with van der Waals surface area (Å²) in [6.07, 6.45) is 4.19. The first-order valence-electron chi connectivity index (χ1n) is 11.1. The van der Waals surface area contributed by atoms with Gasteiger partial charge in [-0.15, -0.1) is 5.10 Å². The molecule has 7 nitrogen and oxygen atoms in total. The van der Waals surface area contributed by atoms with E-state index in [0.29, 0.717) is 18.5 Å². The van der Waals surface area contributed by atoms with E-state index >= 15 is 0 Å². The van der Waals surface area contributed by atoms with Gasteiger partial charge in [0.05, 0.1) is 31.7 Å². The molecule has 3 aliphatic heterocycles. The number of aromatic nitrogens is 3. The van der Waals surface area contributed by atoms with Crippen LogP contribution < -0.4 is 16.0 Å². The maximum atomic E-state index is 12.9. The monoisotopic (exact) mass is 417 g/mol. The molecule has 1 amide bonds. The van der Waals surface area contributed by atoms with E-state index in [1.807, 2.05) is 65.5 Å². The van der Waals surface area contributed by atoms with Crippen LogP contribution in [0.4, 0.5) is 5.69 Å². The molecular weight excluding hydrogens is 388 g/mol. The van der Waals surface area contributed by atoms with Crippen LogP contribution in [0.1, 0.15) is 18.4 Å². The molecule has 7 heteroatoms. The van der Waals surface area contributed by atoms with Gasteiger partial charge in [-0.2, -0.15) is 0 Å². The summed E-state index contributed by atoms with van der Waals surface area (Å²) in [4.78, 5) is 14.4. The molecule has 1 unspecified atom stereocenters. The third-order valence-corrected chi connectivity index (χ3v) is 6.83. The van der Waals surface area contributed by atoms with Crippen LogP contribution in [0.5, 0.6) is 0 Å². The molecule has 4 N–H and O–H groups in total. The number of quaternary nitrogens is 1. The number of hydrogen-bond donors (Lipinski definition) is 3. The Bertz CT molecular complexity index is 1050. The standard InChI is InChI=1S/C24H28N6O/c25-20-8-4-7-19(11-20)23-16-30(28-27-23)14-21-12-18-9-10-29(21)15-22(18)24(31)26-13-17-5-2-1-3-6-17/h1-8,11,16,18,21-22H,9-10,12-15,25H2,(H,26,31)/p+1/t18-,21-,22+/m1/s1. The van der Waals surface area contributed by atoms with E-state index in [1.54, 1.807) is 0 Å². The summed E-state index contributed by atoms with van der Waals surface area (Å²) in [6, 6.07) is 18.3. The summed E-state index contributed by atoms with van der Waals surface area (Å²) in [5, 5.41) is 11.8. The molecule has 4 heterocycles. The first-order valence-corrected chi connectivity index (χ1v) is 11.1. The Labute approximate surface area is 182 Å². The molecule has 0 spiro atoms. The normalized spacial score (nSPS) is 24.8. The first kappa shape index (κ1) is 19.8. The van der Waals surface area contributed by atoms with E-state index in [0.717, 1.165) is 55.0 Å². The van der Waals surface area contributed by atoms with E-state index in [9.17, 15) is 4.79 Å². The predicted molar refractivity (Wildman–Crippen MR) is 119 cm³/mol. The molecule has 3 aromatic rings. The predicted octanol–water partition coefficient (Wildman–Crippen LogP) is 1.14. The molecule has 3 fully saturated rings. The van der Waals surface area contributed by atoms with Crippen LogP contribution in [0.3, 0.4) is 0 Å². The second kappa shape index (κ2) is 8.51. The quantitative estimate of drug-likeness (QED) is 0.525. The van der Waals surface area contributed by atoms with Crippen LogP contribution in [-0.4, -0.2) is 40.0 Å². The molecule has 6 rings (SSSR count). The van der Waals surface area contributed by atoms with Gasteiger partial charge < -0.3 is 16.0 Å². The third kappa shape index (κ3) is 4.32. The minimum Gasteiger partial charge on any atom is -0.399 e. The largest absolute Gasteiger partial charge is 0.399 e. The lowest BCUT2D eigenvalue weighted by molar-refractivity contribution is -0.945. The van der Waals surface area contributed by atoms with E-state index in [1.165, 1.54) is 4.90 Å². The summed E-state index contributed by atoms with van der Waals surface area (Å²) < 4.78 is 1.95. The van der Waals surface area contributed by atoms with Gasteiger partial charge in [0.25, 0.3) is 0 Å². The number of fused-ring (bicyclic) bond motifs is 3. The van der Waals surface area contributed by atoms with Gasteiger partial charge in [-0.25, -0.2) is 4.68 Å². The molecule has 0 radical (unpaired) electrons. The fraction of sp³-hybridized carbons (Fsp3) is 0.375. The molecule has 0 aliphatic carbocycles. The highest BCUT2D eigenvalue weighted by Gasteiger charge is 2.46. The van der Waals surface area contributed by atoms with Gasteiger partial charge in [-0.05, 0) is 23.6 Å². The Morgan fingerprint density at radius 1 is 1.19 bits per heavy atom. The Balaban J connectivity index is 1.19. The number of amides is 1. The van der Waals surface area contributed by atoms with Crippen molar-refractivity contribution < 1.29 is 9.69 Å². The highest BCUT2D eigenvalue weighted by molar-refractivity contribution is 5.79. The van der Waals surface area contributed by atoms with Crippen molar-refractivity contribution in [1.29, 1.82) is 0 Å². The number of nitrogens with zero attached hydrogens (tertiary/aromatic N) is 3. The minimum absolute atomic E-state index is 0.113. The zero-order valence-corrected chi connectivity index (χ0v) is 17.6. The van der Waals surface area contributed by atoms with Crippen LogP contribution in [0.25, 0.3) is 11.3 Å². The number of rotatable bonds is 6. The van der Waals surface area contributed by atoms with Gasteiger partial charge in [0.1, 0.15) is 11.7 Å². The van der Waals surface area contributed by atoms with Gasteiger partial charge >= 0.3 is 0 Å². The number of hydrogen-bond acceptors (Lipinski definition) is 4. The van der Waals surface area contributed by atoms with Gasteiger partial charge in [0, 0.05) is 30.6 Å². The van der Waals surface area contributed by atoms with Crippen molar-refractivity contribution in [3.05, 3.63) is 66.4 Å². The minimum atomic E-state index is 0.113. The summed E-state index contributed by atoms with van der Waals surface area (Å²) in [5.74, 6) is 0.770. The Morgan fingerprint density at radius 3 is 2.84 bits per heavy atom. The highest BCUT2D eigenvalue weighted by atomic mass is 16.1. The van der Waals surface area contributed by atoms with Crippen molar-refractivity contribution in [2.45, 2.75) is 32.0 Å². The molecule has 2 aromatic carbocycles. The van der Waals surface area contributed by atoms with Crippen LogP contribution in [0.2, 0.25) is 0 Å². The van der Waals surface area contributed by atoms with Crippen molar-refractivity contribution in [3.63, 3.8) is 0 Å². The zero-order chi connectivity index (χ0) is 21.2. The van der Waals surface area contributed by atoms with Gasteiger partial charge in [0.2, 0.25) is 5.91 Å². The number of nitrogens with two attached hydrogens (primary N) is 1. The van der Waals surface area contributed by atoms with Crippen LogP contribution in [-0.2, 0) is 17.9 Å². The van der Waals surface area contributed by atoms with Gasteiger partial charge in [0.15, 0.2) is 0 Å². The second-order valence-corrected chi connectivity index (χ2v) is 8.85. The maximum Gasteiger partial charge on any atom is 0.229 e. The van der Waals surface area contributed by atoms with E-state index < -0.39 is 0 Å². The summed E-state index contributed by atoms with van der Waals surface area (Å²) in [7, 11) is 0. The van der Waals surface area contributed by atoms with Gasteiger partial charge in [-0.3, -0.25) is 4.79 Å². The summed E-state index contributed by atoms with van der Waals surface area (Å²) in [6.45, 7) is 3.48. The molecule has 160 valence electrons. The number of carbonyl (C=O) groups excluding carboxylic acids is 1. The Kier molecular flexibility index (Phi) is 5.42. The lowest BCUT2D eigenvalue weighted by Crippen LogP contribution is -3.20. The Hall–Kier alpha value is -3.19. The average Bonchev–Trinajstić information content (AvgIpc) is 3.27. The molecule has 3 saturated heterocycles. The van der Waals surface area contributed by atoms with Crippen LogP contribution >= 0.6 is 0 Å². The van der Waals surface area contributed by atoms with Crippen molar-refractivity contribution in [1.82, 2.24) is 20.3 Å². The zero-order valence-electron chi connectivity index (χ0n) is 17.6. The van der Waals surface area contributed by atoms with Crippen molar-refractivity contribution >= 4 is 11.6 Å². The Morgan fingerprint density at radius 2 is 2.06 bits per heavy atom. The number of piperidine rings is 3. The van der Waals surface area contributed by atoms with Crippen LogP contribution in [0, 0.1) is 11.8 Å². The van der Waals surface area contributed by atoms with E-state index in [4.69, 9.17) is 5.73 Å². The molecule has 3 aliphatic rings. The van der Waals surface area contributed by atoms with Crippen molar-refractivity contribution in [2.75, 3.05) is 18.8 Å². The number of nitrogens with one attached hydrogen (secondary N) is 2. The molecule has 2 bridgehead atoms. The molecule has 1 aromatic heterocycles. The number of carbonyl (C=O) groups is 1. The fourth-order valence-electron chi connectivity index (χ4n) is 5.18. The summed E-state index contributed by atoms with van der Waals surface area (Å²) in [5.41, 5.74) is 9.59.